The van der Waals surface area contributed by atoms with Crippen LogP contribution in [-0.2, 0) is 17.8 Å². The minimum Gasteiger partial charge on any atom is -0.439 e. The SMILES string of the molecule is CC(O)(Cc1ccccc1)C(=O)NCc1ncc(-c2ccccc2)o1. The molecule has 2 aromatic carbocycles. The van der Waals surface area contributed by atoms with Crippen molar-refractivity contribution in [3.05, 3.63) is 78.3 Å². The smallest absolute Gasteiger partial charge is 0.252 e. The van der Waals surface area contributed by atoms with Gasteiger partial charge in [-0.1, -0.05) is 60.7 Å². The van der Waals surface area contributed by atoms with Crippen LogP contribution in [0.25, 0.3) is 11.3 Å². The monoisotopic (exact) mass is 336 g/mol. The fourth-order valence-electron chi connectivity index (χ4n) is 2.55. The Morgan fingerprint density at radius 2 is 1.76 bits per heavy atom. The van der Waals surface area contributed by atoms with Crippen molar-refractivity contribution in [2.75, 3.05) is 0 Å². The van der Waals surface area contributed by atoms with Gasteiger partial charge in [-0.2, -0.15) is 0 Å². The number of hydrogen-bond donors (Lipinski definition) is 2. The zero-order valence-corrected chi connectivity index (χ0v) is 14.0. The third-order valence-electron chi connectivity index (χ3n) is 3.89. The van der Waals surface area contributed by atoms with Crippen LogP contribution >= 0.6 is 0 Å². The minimum atomic E-state index is -1.50. The number of nitrogens with one attached hydrogen (secondary N) is 1. The van der Waals surface area contributed by atoms with Gasteiger partial charge in [-0.25, -0.2) is 4.98 Å². The number of benzene rings is 2. The summed E-state index contributed by atoms with van der Waals surface area (Å²) in [5.74, 6) is 0.569. The van der Waals surface area contributed by atoms with Crippen molar-refractivity contribution < 1.29 is 14.3 Å². The Kier molecular flexibility index (Phi) is 4.95. The largest absolute Gasteiger partial charge is 0.439 e. The molecule has 1 atom stereocenters. The first-order chi connectivity index (χ1) is 12.0. The molecule has 5 heteroatoms. The normalized spacial score (nSPS) is 13.2. The molecule has 128 valence electrons. The molecule has 0 fully saturated rings. The summed E-state index contributed by atoms with van der Waals surface area (Å²) in [6, 6.07) is 19.0. The average molecular weight is 336 g/mol. The summed E-state index contributed by atoms with van der Waals surface area (Å²) in [6.45, 7) is 1.62. The van der Waals surface area contributed by atoms with E-state index in [9.17, 15) is 9.90 Å². The quantitative estimate of drug-likeness (QED) is 0.726. The molecular formula is C20H20N2O3. The van der Waals surface area contributed by atoms with Crippen LogP contribution in [0.4, 0.5) is 0 Å². The lowest BCUT2D eigenvalue weighted by Crippen LogP contribution is -2.45. The lowest BCUT2D eigenvalue weighted by atomic mass is 9.96. The van der Waals surface area contributed by atoms with Gasteiger partial charge in [-0.05, 0) is 12.5 Å². The first-order valence-corrected chi connectivity index (χ1v) is 8.09. The number of rotatable bonds is 6. The summed E-state index contributed by atoms with van der Waals surface area (Å²) in [7, 11) is 0. The van der Waals surface area contributed by atoms with E-state index in [0.29, 0.717) is 11.7 Å². The molecule has 0 aliphatic rings. The third-order valence-corrected chi connectivity index (χ3v) is 3.89. The van der Waals surface area contributed by atoms with E-state index in [1.54, 1.807) is 6.20 Å². The highest BCUT2D eigenvalue weighted by Gasteiger charge is 2.30. The van der Waals surface area contributed by atoms with Crippen LogP contribution in [-0.4, -0.2) is 21.6 Å². The fourth-order valence-corrected chi connectivity index (χ4v) is 2.55. The van der Waals surface area contributed by atoms with E-state index in [0.717, 1.165) is 11.1 Å². The number of hydrogen-bond acceptors (Lipinski definition) is 4. The first kappa shape index (κ1) is 16.9. The molecule has 25 heavy (non-hydrogen) atoms. The molecule has 5 nitrogen and oxygen atoms in total. The van der Waals surface area contributed by atoms with Crippen molar-refractivity contribution in [1.82, 2.24) is 10.3 Å². The van der Waals surface area contributed by atoms with Gasteiger partial charge in [0.25, 0.3) is 5.91 Å². The molecule has 2 N–H and O–H groups in total. The number of carbonyl (C=O) groups excluding carboxylic acids is 1. The van der Waals surface area contributed by atoms with E-state index >= 15 is 0 Å². The van der Waals surface area contributed by atoms with E-state index in [1.807, 2.05) is 60.7 Å². The minimum absolute atomic E-state index is 0.122. The number of amides is 1. The second kappa shape index (κ2) is 7.32. The second-order valence-electron chi connectivity index (χ2n) is 6.10. The Hall–Kier alpha value is -2.92. The lowest BCUT2D eigenvalue weighted by Gasteiger charge is -2.22. The number of aliphatic hydroxyl groups is 1. The van der Waals surface area contributed by atoms with Gasteiger partial charge in [-0.15, -0.1) is 0 Å². The van der Waals surface area contributed by atoms with E-state index < -0.39 is 11.5 Å². The summed E-state index contributed by atoms with van der Waals surface area (Å²) in [6.07, 6.45) is 1.86. The molecule has 0 saturated carbocycles. The van der Waals surface area contributed by atoms with Crippen LogP contribution in [0.1, 0.15) is 18.4 Å². The summed E-state index contributed by atoms with van der Waals surface area (Å²) in [5.41, 5.74) is 0.310. The fraction of sp³-hybridized carbons (Fsp3) is 0.200. The number of nitrogens with zero attached hydrogens (tertiary/aromatic N) is 1. The van der Waals surface area contributed by atoms with Crippen LogP contribution in [0.5, 0.6) is 0 Å². The van der Waals surface area contributed by atoms with Crippen LogP contribution in [0.2, 0.25) is 0 Å². The molecule has 1 heterocycles. The molecule has 0 saturated heterocycles. The molecule has 3 rings (SSSR count). The maximum absolute atomic E-state index is 12.3. The maximum Gasteiger partial charge on any atom is 0.252 e. The topological polar surface area (TPSA) is 75.4 Å². The molecule has 1 aromatic heterocycles. The number of carbonyl (C=O) groups is 1. The number of oxazole rings is 1. The highest BCUT2D eigenvalue weighted by atomic mass is 16.4. The zero-order valence-electron chi connectivity index (χ0n) is 14.0. The highest BCUT2D eigenvalue weighted by molar-refractivity contribution is 5.84. The van der Waals surface area contributed by atoms with Gasteiger partial charge < -0.3 is 14.8 Å². The van der Waals surface area contributed by atoms with Gasteiger partial charge in [-0.3, -0.25) is 4.79 Å². The predicted molar refractivity (Wildman–Crippen MR) is 94.6 cm³/mol. The molecule has 0 radical (unpaired) electrons. The van der Waals surface area contributed by atoms with Gasteiger partial charge in [0.15, 0.2) is 5.76 Å². The van der Waals surface area contributed by atoms with Gasteiger partial charge in [0, 0.05) is 12.0 Å². The van der Waals surface area contributed by atoms with Crippen LogP contribution < -0.4 is 5.32 Å². The summed E-state index contributed by atoms with van der Waals surface area (Å²) < 4.78 is 5.64. The molecule has 1 amide bonds. The van der Waals surface area contributed by atoms with Gasteiger partial charge >= 0.3 is 0 Å². The van der Waals surface area contributed by atoms with Gasteiger partial charge in [0.05, 0.1) is 12.7 Å². The van der Waals surface area contributed by atoms with Crippen molar-refractivity contribution in [2.24, 2.45) is 0 Å². The van der Waals surface area contributed by atoms with E-state index in [1.165, 1.54) is 6.92 Å². The molecule has 0 aliphatic heterocycles. The van der Waals surface area contributed by atoms with Crippen LogP contribution in [0.3, 0.4) is 0 Å². The first-order valence-electron chi connectivity index (χ1n) is 8.09. The standard InChI is InChI=1S/C20H20N2O3/c1-20(24,12-15-8-4-2-5-9-15)19(23)22-14-18-21-13-17(25-18)16-10-6-3-7-11-16/h2-11,13,24H,12,14H2,1H3,(H,22,23). The highest BCUT2D eigenvalue weighted by Crippen LogP contribution is 2.20. The Labute approximate surface area is 146 Å². The van der Waals surface area contributed by atoms with E-state index in [-0.39, 0.29) is 13.0 Å². The molecule has 0 aliphatic carbocycles. The Morgan fingerprint density at radius 3 is 2.44 bits per heavy atom. The van der Waals surface area contributed by atoms with E-state index in [2.05, 4.69) is 10.3 Å². The number of aromatic nitrogens is 1. The van der Waals surface area contributed by atoms with Gasteiger partial charge in [0.1, 0.15) is 5.60 Å². The molecule has 0 bridgehead atoms. The van der Waals surface area contributed by atoms with Crippen LogP contribution in [0, 0.1) is 0 Å². The lowest BCUT2D eigenvalue weighted by molar-refractivity contribution is -0.138. The van der Waals surface area contributed by atoms with Gasteiger partial charge in [0.2, 0.25) is 5.89 Å². The van der Waals surface area contributed by atoms with Crippen molar-refractivity contribution in [3.8, 4) is 11.3 Å². The Balaban J connectivity index is 1.59. The van der Waals surface area contributed by atoms with Crippen LogP contribution in [0.15, 0.2) is 71.3 Å². The Bertz CT molecular complexity index is 826. The van der Waals surface area contributed by atoms with Crippen molar-refractivity contribution >= 4 is 5.91 Å². The van der Waals surface area contributed by atoms with E-state index in [4.69, 9.17) is 4.42 Å². The second-order valence-corrected chi connectivity index (χ2v) is 6.10. The zero-order chi connectivity index (χ0) is 17.7. The molecule has 1 unspecified atom stereocenters. The predicted octanol–water partition coefficient (Wildman–Crippen LogP) is 2.95. The van der Waals surface area contributed by atoms with Crippen molar-refractivity contribution in [3.63, 3.8) is 0 Å². The third kappa shape index (κ3) is 4.33. The van der Waals surface area contributed by atoms with Crippen molar-refractivity contribution in [1.29, 1.82) is 0 Å². The molecule has 0 spiro atoms. The molecular weight excluding hydrogens is 316 g/mol. The summed E-state index contributed by atoms with van der Waals surface area (Å²) in [4.78, 5) is 16.5. The summed E-state index contributed by atoms with van der Waals surface area (Å²) in [5, 5.41) is 13.1. The summed E-state index contributed by atoms with van der Waals surface area (Å²) >= 11 is 0. The Morgan fingerprint density at radius 1 is 1.12 bits per heavy atom. The maximum atomic E-state index is 12.3. The van der Waals surface area contributed by atoms with Crippen molar-refractivity contribution in [2.45, 2.75) is 25.5 Å². The average Bonchev–Trinajstić information content (AvgIpc) is 3.10. The molecule has 3 aromatic rings.